The fraction of sp³-hybridized carbons (Fsp3) is 0.368. The van der Waals surface area contributed by atoms with Crippen LogP contribution in [0.1, 0.15) is 12.8 Å². The van der Waals surface area contributed by atoms with Gasteiger partial charge in [0.1, 0.15) is 0 Å². The Morgan fingerprint density at radius 1 is 0.957 bits per heavy atom. The number of nitrogens with zero attached hydrogens (tertiary/aromatic N) is 1. The molecule has 3 nitrogen and oxygen atoms in total. The number of hydrogen-bond acceptors (Lipinski definition) is 3. The predicted octanol–water partition coefficient (Wildman–Crippen LogP) is 3.37. The number of para-hydroxylation sites is 1. The van der Waals surface area contributed by atoms with Gasteiger partial charge in [0, 0.05) is 42.0 Å². The van der Waals surface area contributed by atoms with E-state index < -0.39 is 10.8 Å². The zero-order chi connectivity index (χ0) is 15.9. The molecule has 0 aromatic heterocycles. The fourth-order valence-corrected chi connectivity index (χ4v) is 4.09. The lowest BCUT2D eigenvalue weighted by Crippen LogP contribution is -2.40. The Kier molecular flexibility index (Phi) is 5.83. The average molecular weight is 328 g/mol. The quantitative estimate of drug-likeness (QED) is 0.882. The van der Waals surface area contributed by atoms with Crippen molar-refractivity contribution in [2.24, 2.45) is 0 Å². The molecule has 3 rings (SSSR count). The van der Waals surface area contributed by atoms with E-state index in [4.69, 9.17) is 0 Å². The smallest absolute Gasteiger partial charge is 0.0542 e. The Morgan fingerprint density at radius 2 is 1.57 bits per heavy atom. The zero-order valence-corrected chi connectivity index (χ0v) is 14.2. The number of hydrogen-bond donors (Lipinski definition) is 1. The molecular weight excluding hydrogens is 304 g/mol. The molecule has 2 aromatic rings. The third-order valence-electron chi connectivity index (χ3n) is 4.33. The molecule has 122 valence electrons. The summed E-state index contributed by atoms with van der Waals surface area (Å²) < 4.78 is 12.3. The van der Waals surface area contributed by atoms with E-state index in [1.165, 1.54) is 5.69 Å². The van der Waals surface area contributed by atoms with Crippen LogP contribution < -0.4 is 5.32 Å². The van der Waals surface area contributed by atoms with Crippen LogP contribution in [0, 0.1) is 0 Å². The molecule has 1 saturated heterocycles. The van der Waals surface area contributed by atoms with Crippen molar-refractivity contribution in [2.75, 3.05) is 30.7 Å². The summed E-state index contributed by atoms with van der Waals surface area (Å²) in [7, 11) is -0.883. The van der Waals surface area contributed by atoms with Crippen LogP contribution in [0.25, 0.3) is 0 Å². The van der Waals surface area contributed by atoms with E-state index in [1.54, 1.807) is 0 Å². The number of nitrogens with one attached hydrogen (secondary N) is 1. The van der Waals surface area contributed by atoms with Crippen molar-refractivity contribution in [3.8, 4) is 0 Å². The van der Waals surface area contributed by atoms with Crippen LogP contribution in [-0.2, 0) is 10.8 Å². The normalized spacial score (nSPS) is 17.7. The van der Waals surface area contributed by atoms with Gasteiger partial charge in [-0.25, -0.2) is 0 Å². The van der Waals surface area contributed by atoms with Crippen LogP contribution in [0.4, 0.5) is 5.69 Å². The Balaban J connectivity index is 1.40. The Labute approximate surface area is 141 Å². The standard InChI is InChI=1S/C19H24N2OS/c22-23(19-9-5-2-6-10-19)16-15-21-13-11-18(12-14-21)20-17-7-3-1-4-8-17/h1-10,18,20H,11-16H2/t23-/m0/s1. The lowest BCUT2D eigenvalue weighted by molar-refractivity contribution is 0.231. The van der Waals surface area contributed by atoms with Crippen molar-refractivity contribution >= 4 is 16.5 Å². The molecule has 0 saturated carbocycles. The van der Waals surface area contributed by atoms with Gasteiger partial charge in [-0.1, -0.05) is 36.4 Å². The predicted molar refractivity (Wildman–Crippen MR) is 97.2 cm³/mol. The fourth-order valence-electron chi connectivity index (χ4n) is 2.97. The van der Waals surface area contributed by atoms with Crippen LogP contribution in [0.2, 0.25) is 0 Å². The minimum atomic E-state index is -0.883. The summed E-state index contributed by atoms with van der Waals surface area (Å²) in [6, 6.07) is 20.7. The van der Waals surface area contributed by atoms with Crippen molar-refractivity contribution < 1.29 is 4.21 Å². The van der Waals surface area contributed by atoms with Crippen LogP contribution in [0.15, 0.2) is 65.6 Å². The molecule has 0 unspecified atom stereocenters. The van der Waals surface area contributed by atoms with E-state index >= 15 is 0 Å². The Morgan fingerprint density at radius 3 is 2.22 bits per heavy atom. The van der Waals surface area contributed by atoms with Crippen LogP contribution in [0.3, 0.4) is 0 Å². The van der Waals surface area contributed by atoms with Crippen molar-refractivity contribution in [3.05, 3.63) is 60.7 Å². The lowest BCUT2D eigenvalue weighted by Gasteiger charge is -2.32. The summed E-state index contributed by atoms with van der Waals surface area (Å²) in [5, 5.41) is 3.61. The summed E-state index contributed by atoms with van der Waals surface area (Å²) in [5.41, 5.74) is 1.20. The average Bonchev–Trinajstić information content (AvgIpc) is 2.62. The molecule has 1 atom stereocenters. The molecule has 4 heteroatoms. The van der Waals surface area contributed by atoms with Gasteiger partial charge in [-0.3, -0.25) is 4.21 Å². The number of anilines is 1. The van der Waals surface area contributed by atoms with E-state index in [0.717, 1.165) is 43.1 Å². The first kappa shape index (κ1) is 16.2. The summed E-state index contributed by atoms with van der Waals surface area (Å²) >= 11 is 0. The molecule has 2 aromatic carbocycles. The molecule has 1 fully saturated rings. The first-order valence-corrected chi connectivity index (χ1v) is 9.60. The number of rotatable bonds is 6. The highest BCUT2D eigenvalue weighted by molar-refractivity contribution is 7.85. The van der Waals surface area contributed by atoms with E-state index in [9.17, 15) is 4.21 Å². The molecule has 1 heterocycles. The molecule has 0 bridgehead atoms. The van der Waals surface area contributed by atoms with E-state index in [-0.39, 0.29) is 0 Å². The van der Waals surface area contributed by atoms with Gasteiger partial charge in [-0.05, 0) is 37.1 Å². The number of benzene rings is 2. The van der Waals surface area contributed by atoms with Gasteiger partial charge in [0.05, 0.1) is 10.8 Å². The first-order valence-electron chi connectivity index (χ1n) is 8.28. The van der Waals surface area contributed by atoms with Gasteiger partial charge in [0.25, 0.3) is 0 Å². The second-order valence-corrected chi connectivity index (χ2v) is 7.56. The van der Waals surface area contributed by atoms with Crippen LogP contribution in [0.5, 0.6) is 0 Å². The minimum Gasteiger partial charge on any atom is -0.382 e. The maximum Gasteiger partial charge on any atom is 0.0542 e. The van der Waals surface area contributed by atoms with Gasteiger partial charge in [-0.2, -0.15) is 0 Å². The molecule has 1 aliphatic heterocycles. The van der Waals surface area contributed by atoms with Crippen LogP contribution >= 0.6 is 0 Å². The van der Waals surface area contributed by atoms with Gasteiger partial charge >= 0.3 is 0 Å². The van der Waals surface area contributed by atoms with Gasteiger partial charge < -0.3 is 10.2 Å². The Hall–Kier alpha value is -1.65. The third kappa shape index (κ3) is 4.91. The van der Waals surface area contributed by atoms with E-state index in [0.29, 0.717) is 6.04 Å². The van der Waals surface area contributed by atoms with Gasteiger partial charge in [0.2, 0.25) is 0 Å². The maximum atomic E-state index is 12.3. The van der Waals surface area contributed by atoms with Crippen LogP contribution in [-0.4, -0.2) is 40.5 Å². The molecule has 0 radical (unpaired) electrons. The van der Waals surface area contributed by atoms with Crippen molar-refractivity contribution in [1.29, 1.82) is 0 Å². The van der Waals surface area contributed by atoms with Gasteiger partial charge in [-0.15, -0.1) is 0 Å². The van der Waals surface area contributed by atoms with Crippen molar-refractivity contribution in [1.82, 2.24) is 4.90 Å². The molecule has 1 N–H and O–H groups in total. The topological polar surface area (TPSA) is 32.3 Å². The lowest BCUT2D eigenvalue weighted by atomic mass is 10.0. The monoisotopic (exact) mass is 328 g/mol. The summed E-state index contributed by atoms with van der Waals surface area (Å²) in [6.45, 7) is 3.08. The largest absolute Gasteiger partial charge is 0.382 e. The highest BCUT2D eigenvalue weighted by atomic mass is 32.2. The summed E-state index contributed by atoms with van der Waals surface area (Å²) in [4.78, 5) is 3.37. The highest BCUT2D eigenvalue weighted by Gasteiger charge is 2.19. The molecule has 1 aliphatic rings. The summed E-state index contributed by atoms with van der Waals surface area (Å²) in [5.74, 6) is 0.723. The maximum absolute atomic E-state index is 12.3. The zero-order valence-electron chi connectivity index (χ0n) is 13.4. The van der Waals surface area contributed by atoms with E-state index in [2.05, 4.69) is 34.5 Å². The Bertz CT molecular complexity index is 610. The van der Waals surface area contributed by atoms with Gasteiger partial charge in [0.15, 0.2) is 0 Å². The van der Waals surface area contributed by atoms with E-state index in [1.807, 2.05) is 36.4 Å². The third-order valence-corrected chi connectivity index (χ3v) is 5.68. The van der Waals surface area contributed by atoms with Crippen molar-refractivity contribution in [3.63, 3.8) is 0 Å². The highest BCUT2D eigenvalue weighted by Crippen LogP contribution is 2.16. The number of likely N-dealkylation sites (tertiary alicyclic amines) is 1. The molecular formula is C19H24N2OS. The molecule has 23 heavy (non-hydrogen) atoms. The second-order valence-electron chi connectivity index (χ2n) is 5.99. The second kappa shape index (κ2) is 8.27. The minimum absolute atomic E-state index is 0.549. The summed E-state index contributed by atoms with van der Waals surface area (Å²) in [6.07, 6.45) is 2.29. The first-order chi connectivity index (χ1) is 11.3. The molecule has 0 aliphatic carbocycles. The molecule has 0 amide bonds. The SMILES string of the molecule is O=[S@@](CCN1CCC(Nc2ccccc2)CC1)c1ccccc1. The number of piperidine rings is 1. The van der Waals surface area contributed by atoms with Crippen molar-refractivity contribution in [2.45, 2.75) is 23.8 Å². The molecule has 0 spiro atoms.